The molecule has 1 aromatic carbocycles. The van der Waals surface area contributed by atoms with Crippen molar-refractivity contribution >= 4 is 45.0 Å². The number of carbonyl (C=O) groups excluding carboxylic acids is 2. The molecule has 2 aliphatic heterocycles. The van der Waals surface area contributed by atoms with Gasteiger partial charge in [-0.2, -0.15) is 0 Å². The van der Waals surface area contributed by atoms with E-state index in [9.17, 15) is 14.0 Å². The summed E-state index contributed by atoms with van der Waals surface area (Å²) in [6.07, 6.45) is 2.14. The number of rotatable bonds is 1. The van der Waals surface area contributed by atoms with Gasteiger partial charge < -0.3 is 0 Å². The van der Waals surface area contributed by atoms with Crippen LogP contribution in [0.15, 0.2) is 38.9 Å². The van der Waals surface area contributed by atoms with Crippen LogP contribution in [-0.2, 0) is 9.59 Å². The van der Waals surface area contributed by atoms with E-state index >= 15 is 0 Å². The number of hydrogen-bond acceptors (Lipinski definition) is 4. The number of thioether (sulfide) groups is 1. The molecule has 124 valence electrons. The second kappa shape index (κ2) is 6.23. The van der Waals surface area contributed by atoms with Crippen molar-refractivity contribution in [1.82, 2.24) is 0 Å². The first-order valence-corrected chi connectivity index (χ1v) is 9.90. The Kier molecular flexibility index (Phi) is 4.21. The molecule has 1 fully saturated rings. The lowest BCUT2D eigenvalue weighted by Crippen LogP contribution is -2.40. The SMILES string of the molecule is O=C1CSCC2=C1C(c1ccc(F)c(Br)c1)C1C(=O)CCCC1=N2. The highest BCUT2D eigenvalue weighted by molar-refractivity contribution is 9.10. The van der Waals surface area contributed by atoms with E-state index in [2.05, 4.69) is 15.9 Å². The molecule has 0 bridgehead atoms. The van der Waals surface area contributed by atoms with E-state index in [0.717, 1.165) is 29.8 Å². The normalized spacial score (nSPS) is 26.8. The lowest BCUT2D eigenvalue weighted by atomic mass is 9.69. The van der Waals surface area contributed by atoms with E-state index in [0.29, 0.717) is 28.0 Å². The Labute approximate surface area is 151 Å². The fourth-order valence-electron chi connectivity index (χ4n) is 3.85. The van der Waals surface area contributed by atoms with Crippen molar-refractivity contribution in [1.29, 1.82) is 0 Å². The first-order chi connectivity index (χ1) is 11.6. The highest BCUT2D eigenvalue weighted by Gasteiger charge is 2.44. The zero-order valence-electron chi connectivity index (χ0n) is 12.9. The van der Waals surface area contributed by atoms with E-state index in [4.69, 9.17) is 4.99 Å². The van der Waals surface area contributed by atoms with Crippen molar-refractivity contribution in [2.24, 2.45) is 10.9 Å². The van der Waals surface area contributed by atoms with Gasteiger partial charge in [0, 0.05) is 29.4 Å². The molecule has 24 heavy (non-hydrogen) atoms. The third-order valence-electron chi connectivity index (χ3n) is 4.87. The molecule has 4 rings (SSSR count). The number of fused-ring (bicyclic) bond motifs is 1. The summed E-state index contributed by atoms with van der Waals surface area (Å²) in [6.45, 7) is 0. The predicted octanol–water partition coefficient (Wildman–Crippen LogP) is 4.07. The van der Waals surface area contributed by atoms with Gasteiger partial charge in [0.15, 0.2) is 5.78 Å². The minimum Gasteiger partial charge on any atom is -0.299 e. The largest absolute Gasteiger partial charge is 0.299 e. The van der Waals surface area contributed by atoms with Crippen LogP contribution in [-0.4, -0.2) is 28.8 Å². The number of aliphatic imine (C=N–C) groups is 1. The number of Topliss-reactive ketones (excluding diaryl/α,β-unsaturated/α-hetero) is 2. The monoisotopic (exact) mass is 407 g/mol. The maximum absolute atomic E-state index is 13.7. The topological polar surface area (TPSA) is 46.5 Å². The van der Waals surface area contributed by atoms with Gasteiger partial charge in [0.05, 0.1) is 21.8 Å². The van der Waals surface area contributed by atoms with E-state index in [1.165, 1.54) is 6.07 Å². The van der Waals surface area contributed by atoms with Gasteiger partial charge in [-0.1, -0.05) is 6.07 Å². The number of hydrogen-bond donors (Lipinski definition) is 0. The van der Waals surface area contributed by atoms with Crippen LogP contribution in [0, 0.1) is 11.7 Å². The molecule has 2 unspecified atom stereocenters. The number of ketones is 2. The summed E-state index contributed by atoms with van der Waals surface area (Å²) in [7, 11) is 0. The van der Waals surface area contributed by atoms with Crippen molar-refractivity contribution in [3.63, 3.8) is 0 Å². The van der Waals surface area contributed by atoms with Crippen LogP contribution in [0.1, 0.15) is 30.7 Å². The number of benzene rings is 1. The van der Waals surface area contributed by atoms with E-state index in [1.807, 2.05) is 0 Å². The van der Waals surface area contributed by atoms with E-state index in [1.54, 1.807) is 23.9 Å². The maximum atomic E-state index is 13.7. The van der Waals surface area contributed by atoms with Gasteiger partial charge in [-0.3, -0.25) is 14.6 Å². The molecule has 6 heteroatoms. The first-order valence-electron chi connectivity index (χ1n) is 7.95. The molecule has 1 saturated carbocycles. The maximum Gasteiger partial charge on any atom is 0.171 e. The van der Waals surface area contributed by atoms with Gasteiger partial charge in [-0.05, 0) is 46.5 Å². The summed E-state index contributed by atoms with van der Waals surface area (Å²) in [5.41, 5.74) is 3.17. The molecule has 0 spiro atoms. The molecule has 3 aliphatic rings. The van der Waals surface area contributed by atoms with Crippen molar-refractivity contribution < 1.29 is 14.0 Å². The summed E-state index contributed by atoms with van der Waals surface area (Å²) in [6, 6.07) is 4.78. The molecular formula is C18H15BrFNO2S. The van der Waals surface area contributed by atoms with Crippen LogP contribution in [0.2, 0.25) is 0 Å². The molecular weight excluding hydrogens is 393 g/mol. The summed E-state index contributed by atoms with van der Waals surface area (Å²) >= 11 is 4.79. The number of carbonyl (C=O) groups is 2. The minimum absolute atomic E-state index is 0.0490. The molecule has 0 N–H and O–H groups in total. The van der Waals surface area contributed by atoms with Gasteiger partial charge in [-0.15, -0.1) is 11.8 Å². The molecule has 0 amide bonds. The molecule has 2 atom stereocenters. The smallest absolute Gasteiger partial charge is 0.171 e. The Balaban J connectivity index is 1.91. The summed E-state index contributed by atoms with van der Waals surface area (Å²) in [5.74, 6) is 0.259. The Morgan fingerprint density at radius 2 is 2.00 bits per heavy atom. The lowest BCUT2D eigenvalue weighted by molar-refractivity contribution is -0.122. The molecule has 3 nitrogen and oxygen atoms in total. The van der Waals surface area contributed by atoms with E-state index in [-0.39, 0.29) is 29.2 Å². The van der Waals surface area contributed by atoms with Crippen LogP contribution in [0.25, 0.3) is 0 Å². The third-order valence-corrected chi connectivity index (χ3v) is 6.42. The highest BCUT2D eigenvalue weighted by atomic mass is 79.9. The van der Waals surface area contributed by atoms with Crippen molar-refractivity contribution in [3.05, 3.63) is 45.3 Å². The van der Waals surface area contributed by atoms with E-state index < -0.39 is 0 Å². The fraction of sp³-hybridized carbons (Fsp3) is 0.389. The first kappa shape index (κ1) is 16.2. The van der Waals surface area contributed by atoms with Crippen LogP contribution in [0.5, 0.6) is 0 Å². The van der Waals surface area contributed by atoms with Crippen molar-refractivity contribution in [2.45, 2.75) is 25.2 Å². The second-order valence-electron chi connectivity index (χ2n) is 6.33. The molecule has 0 saturated heterocycles. The molecule has 1 aliphatic carbocycles. The van der Waals surface area contributed by atoms with Gasteiger partial charge in [0.2, 0.25) is 0 Å². The van der Waals surface area contributed by atoms with Gasteiger partial charge in [0.1, 0.15) is 11.6 Å². The van der Waals surface area contributed by atoms with Gasteiger partial charge in [-0.25, -0.2) is 4.39 Å². The van der Waals surface area contributed by atoms with Crippen molar-refractivity contribution in [2.75, 3.05) is 11.5 Å². The Hall–Kier alpha value is -1.27. The van der Waals surface area contributed by atoms with Crippen molar-refractivity contribution in [3.8, 4) is 0 Å². The predicted molar refractivity (Wildman–Crippen MR) is 96.0 cm³/mol. The Bertz CT molecular complexity index is 817. The number of allylic oxidation sites excluding steroid dienone is 1. The Morgan fingerprint density at radius 3 is 2.79 bits per heavy atom. The standard InChI is InChI=1S/C18H15BrFNO2S/c19-10-6-9(4-5-11(10)20)16-17-12(2-1-3-14(17)22)21-13-7-24-8-15(23)18(13)16/h4-6,16-17H,1-3,7-8H2. The van der Waals surface area contributed by atoms with Crippen LogP contribution >= 0.6 is 27.7 Å². The number of nitrogens with zero attached hydrogens (tertiary/aromatic N) is 1. The van der Waals surface area contributed by atoms with Crippen LogP contribution in [0.4, 0.5) is 4.39 Å². The average molecular weight is 408 g/mol. The molecule has 0 aromatic heterocycles. The highest BCUT2D eigenvalue weighted by Crippen LogP contribution is 2.45. The summed E-state index contributed by atoms with van der Waals surface area (Å²) in [5, 5.41) is 0. The third kappa shape index (κ3) is 2.60. The quantitative estimate of drug-likeness (QED) is 0.704. The van der Waals surface area contributed by atoms with Gasteiger partial charge in [0.25, 0.3) is 0 Å². The molecule has 0 radical (unpaired) electrons. The zero-order valence-corrected chi connectivity index (χ0v) is 15.3. The summed E-state index contributed by atoms with van der Waals surface area (Å²) < 4.78 is 14.0. The van der Waals surface area contributed by atoms with Gasteiger partial charge >= 0.3 is 0 Å². The summed E-state index contributed by atoms with van der Waals surface area (Å²) in [4.78, 5) is 29.9. The fourth-order valence-corrected chi connectivity index (χ4v) is 5.10. The minimum atomic E-state index is -0.373. The number of halogens is 2. The zero-order chi connectivity index (χ0) is 16.8. The molecule has 1 aromatic rings. The average Bonchev–Trinajstić information content (AvgIpc) is 2.56. The van der Waals surface area contributed by atoms with Crippen LogP contribution < -0.4 is 0 Å². The Morgan fingerprint density at radius 1 is 1.17 bits per heavy atom. The lowest BCUT2D eigenvalue weighted by Gasteiger charge is -2.37. The second-order valence-corrected chi connectivity index (χ2v) is 8.17. The van der Waals surface area contributed by atoms with Crippen LogP contribution in [0.3, 0.4) is 0 Å². The molecule has 2 heterocycles.